The van der Waals surface area contributed by atoms with E-state index < -0.39 is 0 Å². The molecule has 0 fully saturated rings. The van der Waals surface area contributed by atoms with Crippen molar-refractivity contribution in [1.82, 2.24) is 5.01 Å². The van der Waals surface area contributed by atoms with Crippen LogP contribution in [0.15, 0.2) is 0 Å². The molecule has 2 nitrogen and oxygen atoms in total. The van der Waals surface area contributed by atoms with Gasteiger partial charge in [-0.25, -0.2) is 5.01 Å². The van der Waals surface area contributed by atoms with Gasteiger partial charge in [0.1, 0.15) is 0 Å². The van der Waals surface area contributed by atoms with Crippen molar-refractivity contribution in [2.24, 2.45) is 5.84 Å². The number of nitrogens with zero attached hydrogens (tertiary/aromatic N) is 1. The highest BCUT2D eigenvalue weighted by molar-refractivity contribution is 4.70. The molecule has 0 aliphatic heterocycles. The van der Waals surface area contributed by atoms with E-state index in [1.165, 1.54) is 44.9 Å². The number of unbranched alkanes of at least 4 members (excludes halogenated alkanes) is 6. The Labute approximate surface area is 96.2 Å². The smallest absolute Gasteiger partial charge is 0.0267 e. The summed E-state index contributed by atoms with van der Waals surface area (Å²) < 4.78 is 0. The van der Waals surface area contributed by atoms with Gasteiger partial charge in [0, 0.05) is 12.1 Å². The van der Waals surface area contributed by atoms with E-state index in [1.54, 1.807) is 0 Å². The minimum Gasteiger partial charge on any atom is -0.268 e. The van der Waals surface area contributed by atoms with Crippen molar-refractivity contribution in [3.05, 3.63) is 0 Å². The zero-order valence-corrected chi connectivity index (χ0v) is 11.2. The number of hydrogen-bond acceptors (Lipinski definition) is 2. The third-order valence-electron chi connectivity index (χ3n) is 2.86. The lowest BCUT2D eigenvalue weighted by molar-refractivity contribution is 0.135. The van der Waals surface area contributed by atoms with E-state index in [0.29, 0.717) is 0 Å². The Morgan fingerprint density at radius 2 is 1.33 bits per heavy atom. The van der Waals surface area contributed by atoms with Gasteiger partial charge in [-0.2, -0.15) is 0 Å². The van der Waals surface area contributed by atoms with Gasteiger partial charge in [0.2, 0.25) is 0 Å². The maximum absolute atomic E-state index is 5.95. The molecule has 0 amide bonds. The molecule has 0 spiro atoms. The predicted octanol–water partition coefficient (Wildman–Crippen LogP) is 3.71. The minimum absolute atomic E-state index is 0.113. The van der Waals surface area contributed by atoms with Gasteiger partial charge in [-0.3, -0.25) is 5.84 Å². The molecule has 0 atom stereocenters. The normalized spacial score (nSPS) is 12.4. The molecule has 92 valence electrons. The van der Waals surface area contributed by atoms with E-state index in [9.17, 15) is 0 Å². The largest absolute Gasteiger partial charge is 0.268 e. The molecule has 0 aliphatic rings. The average Bonchev–Trinajstić information content (AvgIpc) is 2.14. The summed E-state index contributed by atoms with van der Waals surface area (Å²) in [6.07, 6.45) is 9.47. The summed E-state index contributed by atoms with van der Waals surface area (Å²) in [5, 5.41) is 1.96. The van der Waals surface area contributed by atoms with Gasteiger partial charge >= 0.3 is 0 Å². The van der Waals surface area contributed by atoms with Crippen LogP contribution in [0.5, 0.6) is 0 Å². The van der Waals surface area contributed by atoms with E-state index in [1.807, 2.05) is 5.01 Å². The van der Waals surface area contributed by atoms with Crippen LogP contribution >= 0.6 is 0 Å². The summed E-state index contributed by atoms with van der Waals surface area (Å²) in [5.74, 6) is 5.95. The minimum atomic E-state index is 0.113. The van der Waals surface area contributed by atoms with E-state index in [4.69, 9.17) is 5.84 Å². The topological polar surface area (TPSA) is 29.3 Å². The summed E-state index contributed by atoms with van der Waals surface area (Å²) in [6, 6.07) is 0. The van der Waals surface area contributed by atoms with E-state index in [-0.39, 0.29) is 5.54 Å². The lowest BCUT2D eigenvalue weighted by Gasteiger charge is -2.31. The van der Waals surface area contributed by atoms with E-state index in [0.717, 1.165) is 6.54 Å². The monoisotopic (exact) mass is 214 g/mol. The second-order valence-electron chi connectivity index (χ2n) is 5.49. The van der Waals surface area contributed by atoms with Crippen LogP contribution in [0.25, 0.3) is 0 Å². The van der Waals surface area contributed by atoms with Gasteiger partial charge in [-0.1, -0.05) is 45.4 Å². The third kappa shape index (κ3) is 8.88. The van der Waals surface area contributed by atoms with Crippen molar-refractivity contribution in [3.63, 3.8) is 0 Å². The van der Waals surface area contributed by atoms with Crippen LogP contribution in [-0.4, -0.2) is 17.1 Å². The van der Waals surface area contributed by atoms with Gasteiger partial charge in [0.15, 0.2) is 0 Å². The van der Waals surface area contributed by atoms with Crippen LogP contribution in [0, 0.1) is 0 Å². The maximum Gasteiger partial charge on any atom is 0.0267 e. The van der Waals surface area contributed by atoms with Crippen molar-refractivity contribution in [2.45, 2.75) is 78.2 Å². The molecule has 0 saturated heterocycles. The van der Waals surface area contributed by atoms with Crippen LogP contribution < -0.4 is 5.84 Å². The van der Waals surface area contributed by atoms with Crippen molar-refractivity contribution >= 4 is 0 Å². The highest BCUT2D eigenvalue weighted by Gasteiger charge is 2.16. The van der Waals surface area contributed by atoms with Crippen LogP contribution in [0.3, 0.4) is 0 Å². The molecule has 0 aliphatic carbocycles. The molecule has 0 unspecified atom stereocenters. The summed E-state index contributed by atoms with van der Waals surface area (Å²) in [4.78, 5) is 0. The number of hydrazine groups is 1. The van der Waals surface area contributed by atoms with Crippen LogP contribution in [0.2, 0.25) is 0 Å². The van der Waals surface area contributed by atoms with Gasteiger partial charge in [0.05, 0.1) is 0 Å². The van der Waals surface area contributed by atoms with E-state index in [2.05, 4.69) is 27.7 Å². The lowest BCUT2D eigenvalue weighted by Crippen LogP contribution is -2.46. The Hall–Kier alpha value is -0.0800. The third-order valence-corrected chi connectivity index (χ3v) is 2.86. The molecule has 0 saturated carbocycles. The standard InChI is InChI=1S/C13H30N2/c1-5-6-7-8-9-10-11-12-15(14)13(2,3)4/h5-12,14H2,1-4H3. The summed E-state index contributed by atoms with van der Waals surface area (Å²) >= 11 is 0. The lowest BCUT2D eigenvalue weighted by atomic mass is 10.1. The van der Waals surface area contributed by atoms with Crippen LogP contribution in [-0.2, 0) is 0 Å². The number of hydrogen-bond donors (Lipinski definition) is 1. The molecule has 0 aromatic heterocycles. The second-order valence-corrected chi connectivity index (χ2v) is 5.49. The second kappa shape index (κ2) is 8.12. The van der Waals surface area contributed by atoms with E-state index >= 15 is 0 Å². The highest BCUT2D eigenvalue weighted by Crippen LogP contribution is 2.11. The Morgan fingerprint density at radius 3 is 1.80 bits per heavy atom. The quantitative estimate of drug-likeness (QED) is 0.379. The molecular weight excluding hydrogens is 184 g/mol. The fourth-order valence-corrected chi connectivity index (χ4v) is 1.57. The van der Waals surface area contributed by atoms with Crippen molar-refractivity contribution < 1.29 is 0 Å². The van der Waals surface area contributed by atoms with Crippen molar-refractivity contribution in [1.29, 1.82) is 0 Å². The predicted molar refractivity (Wildman–Crippen MR) is 68.6 cm³/mol. The molecule has 0 rings (SSSR count). The van der Waals surface area contributed by atoms with Gasteiger partial charge in [-0.05, 0) is 27.2 Å². The van der Waals surface area contributed by atoms with Gasteiger partial charge in [-0.15, -0.1) is 0 Å². The first-order valence-electron chi connectivity index (χ1n) is 6.51. The average molecular weight is 214 g/mol. The van der Waals surface area contributed by atoms with Gasteiger partial charge < -0.3 is 0 Å². The Balaban J connectivity index is 3.24. The maximum atomic E-state index is 5.95. The Bertz CT molecular complexity index is 138. The molecule has 2 N–H and O–H groups in total. The fraction of sp³-hybridized carbons (Fsp3) is 1.00. The number of nitrogens with two attached hydrogens (primary N) is 1. The summed E-state index contributed by atoms with van der Waals surface area (Å²) in [6.45, 7) is 9.77. The SMILES string of the molecule is CCCCCCCCCN(N)C(C)(C)C. The first-order chi connectivity index (χ1) is 6.98. The Kier molecular flexibility index (Phi) is 8.07. The zero-order valence-electron chi connectivity index (χ0n) is 11.2. The fourth-order valence-electron chi connectivity index (χ4n) is 1.57. The zero-order chi connectivity index (χ0) is 11.7. The molecule has 0 heterocycles. The molecular formula is C13H30N2. The van der Waals surface area contributed by atoms with Crippen LogP contribution in [0.1, 0.15) is 72.6 Å². The molecule has 0 aromatic carbocycles. The molecule has 2 heteroatoms. The first kappa shape index (κ1) is 14.9. The van der Waals surface area contributed by atoms with Crippen molar-refractivity contribution in [2.75, 3.05) is 6.54 Å². The van der Waals surface area contributed by atoms with Gasteiger partial charge in [0.25, 0.3) is 0 Å². The first-order valence-corrected chi connectivity index (χ1v) is 6.51. The number of rotatable bonds is 8. The molecule has 15 heavy (non-hydrogen) atoms. The van der Waals surface area contributed by atoms with Crippen LogP contribution in [0.4, 0.5) is 0 Å². The highest BCUT2D eigenvalue weighted by atomic mass is 15.4. The molecule has 0 radical (unpaired) electrons. The summed E-state index contributed by atoms with van der Waals surface area (Å²) in [7, 11) is 0. The molecule has 0 aromatic rings. The molecule has 0 bridgehead atoms. The van der Waals surface area contributed by atoms with Crippen molar-refractivity contribution in [3.8, 4) is 0 Å². The summed E-state index contributed by atoms with van der Waals surface area (Å²) in [5.41, 5.74) is 0.113. The Morgan fingerprint density at radius 1 is 0.867 bits per heavy atom.